The lowest BCUT2D eigenvalue weighted by Gasteiger charge is -2.25. The summed E-state index contributed by atoms with van der Waals surface area (Å²) in [7, 11) is 0. The highest BCUT2D eigenvalue weighted by Gasteiger charge is 2.22. The predicted molar refractivity (Wildman–Crippen MR) is 99.9 cm³/mol. The zero-order valence-electron chi connectivity index (χ0n) is 14.6. The van der Waals surface area contributed by atoms with Crippen molar-refractivity contribution in [2.24, 2.45) is 0 Å². The molecule has 0 spiro atoms. The van der Waals surface area contributed by atoms with Gasteiger partial charge in [0.25, 0.3) is 5.91 Å². The van der Waals surface area contributed by atoms with Crippen LogP contribution < -0.4 is 5.32 Å². The maximum atomic E-state index is 12.7. The molecule has 26 heavy (non-hydrogen) atoms. The van der Waals surface area contributed by atoms with Crippen molar-refractivity contribution in [3.8, 4) is 0 Å². The summed E-state index contributed by atoms with van der Waals surface area (Å²) in [5.74, 6) is 1.09. The van der Waals surface area contributed by atoms with Crippen LogP contribution in [0, 0.1) is 0 Å². The van der Waals surface area contributed by atoms with Crippen LogP contribution in [0.4, 0.5) is 0 Å². The van der Waals surface area contributed by atoms with Crippen LogP contribution >= 0.6 is 0 Å². The third-order valence-corrected chi connectivity index (χ3v) is 5.09. The van der Waals surface area contributed by atoms with Gasteiger partial charge in [-0.3, -0.25) is 4.79 Å². The van der Waals surface area contributed by atoms with E-state index in [9.17, 15) is 4.79 Å². The molecule has 1 aromatic heterocycles. The highest BCUT2D eigenvalue weighted by Crippen LogP contribution is 2.36. The molecule has 4 nitrogen and oxygen atoms in total. The Labute approximate surface area is 153 Å². The van der Waals surface area contributed by atoms with Crippen molar-refractivity contribution in [3.63, 3.8) is 0 Å². The fourth-order valence-corrected chi connectivity index (χ4v) is 3.35. The molecule has 1 saturated carbocycles. The topological polar surface area (TPSA) is 55.1 Å². The van der Waals surface area contributed by atoms with Crippen molar-refractivity contribution in [2.45, 2.75) is 37.6 Å². The predicted octanol–water partition coefficient (Wildman–Crippen LogP) is 4.66. The second-order valence-electron chi connectivity index (χ2n) is 6.84. The second kappa shape index (κ2) is 7.56. The summed E-state index contributed by atoms with van der Waals surface area (Å²) in [4.78, 5) is 17.0. The minimum Gasteiger partial charge on any atom is -0.447 e. The van der Waals surface area contributed by atoms with Gasteiger partial charge >= 0.3 is 0 Å². The summed E-state index contributed by atoms with van der Waals surface area (Å²) >= 11 is 0. The van der Waals surface area contributed by atoms with Gasteiger partial charge in [-0.05, 0) is 42.0 Å². The van der Waals surface area contributed by atoms with Crippen molar-refractivity contribution in [1.29, 1.82) is 0 Å². The molecule has 4 heteroatoms. The van der Waals surface area contributed by atoms with Gasteiger partial charge < -0.3 is 9.73 Å². The molecule has 2 aromatic carbocycles. The first-order valence-corrected chi connectivity index (χ1v) is 9.14. The Kier molecular flexibility index (Phi) is 4.82. The minimum atomic E-state index is -0.300. The van der Waals surface area contributed by atoms with Gasteiger partial charge in [-0.25, -0.2) is 4.98 Å². The largest absolute Gasteiger partial charge is 0.447 e. The van der Waals surface area contributed by atoms with Gasteiger partial charge in [-0.15, -0.1) is 0 Å². The molecule has 1 aliphatic rings. The van der Waals surface area contributed by atoms with Crippen LogP contribution in [-0.4, -0.2) is 10.9 Å². The smallest absolute Gasteiger partial charge is 0.251 e. The zero-order valence-corrected chi connectivity index (χ0v) is 14.6. The van der Waals surface area contributed by atoms with E-state index in [-0.39, 0.29) is 11.9 Å². The zero-order chi connectivity index (χ0) is 17.8. The lowest BCUT2D eigenvalue weighted by molar-refractivity contribution is 0.0930. The molecule has 1 heterocycles. The molecular weight excluding hydrogens is 324 g/mol. The van der Waals surface area contributed by atoms with Gasteiger partial charge in [-0.1, -0.05) is 48.9 Å². The number of benzene rings is 2. The Bertz CT molecular complexity index is 838. The first-order valence-electron chi connectivity index (χ1n) is 9.14. The number of hydrogen-bond donors (Lipinski definition) is 1. The lowest BCUT2D eigenvalue weighted by atomic mass is 9.80. The maximum absolute atomic E-state index is 12.7. The molecule has 1 fully saturated rings. The van der Waals surface area contributed by atoms with Crippen LogP contribution in [0.15, 0.2) is 71.5 Å². The molecule has 0 bridgehead atoms. The van der Waals surface area contributed by atoms with Gasteiger partial charge in [-0.2, -0.15) is 0 Å². The number of aromatic nitrogens is 1. The Morgan fingerprint density at radius 3 is 2.50 bits per heavy atom. The Hall–Kier alpha value is -2.88. The van der Waals surface area contributed by atoms with Crippen LogP contribution in [0.2, 0.25) is 0 Å². The first kappa shape index (κ1) is 16.6. The molecular formula is C22H22N2O2. The standard InChI is InChI=1S/C22H22N2O2/c25-21(19-11-9-18(10-12-19)17-7-4-8-17)24-20(22-23-13-14-26-22)15-16-5-2-1-3-6-16/h1-3,5-6,9-14,17,20H,4,7-8,15H2,(H,24,25). The average Bonchev–Trinajstić information content (AvgIpc) is 3.16. The van der Waals surface area contributed by atoms with Crippen molar-refractivity contribution in [2.75, 3.05) is 0 Å². The number of nitrogens with zero attached hydrogens (tertiary/aromatic N) is 1. The van der Waals surface area contributed by atoms with E-state index in [4.69, 9.17) is 4.42 Å². The number of amides is 1. The van der Waals surface area contributed by atoms with Crippen molar-refractivity contribution >= 4 is 5.91 Å². The van der Waals surface area contributed by atoms with E-state index in [1.807, 2.05) is 42.5 Å². The van der Waals surface area contributed by atoms with Crippen LogP contribution in [0.5, 0.6) is 0 Å². The molecule has 1 unspecified atom stereocenters. The van der Waals surface area contributed by atoms with Crippen LogP contribution in [0.25, 0.3) is 0 Å². The number of nitrogens with one attached hydrogen (secondary N) is 1. The van der Waals surface area contributed by atoms with Gasteiger partial charge in [0.2, 0.25) is 5.89 Å². The molecule has 0 saturated heterocycles. The monoisotopic (exact) mass is 346 g/mol. The average molecular weight is 346 g/mol. The Balaban J connectivity index is 1.48. The third kappa shape index (κ3) is 3.69. The van der Waals surface area contributed by atoms with E-state index in [0.717, 1.165) is 5.56 Å². The first-order chi connectivity index (χ1) is 12.8. The van der Waals surface area contributed by atoms with Crippen molar-refractivity contribution < 1.29 is 9.21 Å². The molecule has 0 radical (unpaired) electrons. The number of oxazole rings is 1. The molecule has 132 valence electrons. The summed E-state index contributed by atoms with van der Waals surface area (Å²) in [6, 6.07) is 17.7. The molecule has 1 atom stereocenters. The summed E-state index contributed by atoms with van der Waals surface area (Å²) in [5.41, 5.74) is 3.12. The van der Waals surface area contributed by atoms with E-state index in [1.165, 1.54) is 31.1 Å². The van der Waals surface area contributed by atoms with Gasteiger partial charge in [0.15, 0.2) is 0 Å². The molecule has 0 aliphatic heterocycles. The second-order valence-corrected chi connectivity index (χ2v) is 6.84. The highest BCUT2D eigenvalue weighted by molar-refractivity contribution is 5.94. The summed E-state index contributed by atoms with van der Waals surface area (Å²) in [6.07, 6.45) is 7.60. The Morgan fingerprint density at radius 2 is 1.88 bits per heavy atom. The maximum Gasteiger partial charge on any atom is 0.251 e. The summed E-state index contributed by atoms with van der Waals surface area (Å²) in [6.45, 7) is 0. The van der Waals surface area contributed by atoms with Crippen molar-refractivity contribution in [1.82, 2.24) is 10.3 Å². The normalized spacial score (nSPS) is 15.2. The number of rotatable bonds is 6. The molecule has 3 aromatic rings. The van der Waals surface area contributed by atoms with E-state index in [2.05, 4.69) is 22.4 Å². The van der Waals surface area contributed by atoms with E-state index < -0.39 is 0 Å². The summed E-state index contributed by atoms with van der Waals surface area (Å²) < 4.78 is 5.45. The molecule has 1 N–H and O–H groups in total. The van der Waals surface area contributed by atoms with E-state index in [1.54, 1.807) is 6.20 Å². The van der Waals surface area contributed by atoms with Crippen LogP contribution in [-0.2, 0) is 6.42 Å². The fourth-order valence-electron chi connectivity index (χ4n) is 3.35. The van der Waals surface area contributed by atoms with Crippen LogP contribution in [0.3, 0.4) is 0 Å². The molecule has 4 rings (SSSR count). The molecule has 1 amide bonds. The van der Waals surface area contributed by atoms with Gasteiger partial charge in [0, 0.05) is 12.0 Å². The lowest BCUT2D eigenvalue weighted by Crippen LogP contribution is -2.30. The van der Waals surface area contributed by atoms with Crippen molar-refractivity contribution in [3.05, 3.63) is 89.6 Å². The SMILES string of the molecule is O=C(NC(Cc1ccccc1)c1ncco1)c1ccc(C2CCC2)cc1. The summed E-state index contributed by atoms with van der Waals surface area (Å²) in [5, 5.41) is 3.07. The third-order valence-electron chi connectivity index (χ3n) is 5.09. The number of carbonyl (C=O) groups is 1. The van der Waals surface area contributed by atoms with Crippen LogP contribution in [0.1, 0.15) is 58.6 Å². The Morgan fingerprint density at radius 1 is 1.12 bits per heavy atom. The highest BCUT2D eigenvalue weighted by atomic mass is 16.3. The quantitative estimate of drug-likeness (QED) is 0.706. The fraction of sp³-hybridized carbons (Fsp3) is 0.273. The number of carbonyl (C=O) groups excluding carboxylic acids is 1. The number of hydrogen-bond acceptors (Lipinski definition) is 3. The van der Waals surface area contributed by atoms with E-state index in [0.29, 0.717) is 23.8 Å². The van der Waals surface area contributed by atoms with E-state index >= 15 is 0 Å². The van der Waals surface area contributed by atoms with Gasteiger partial charge in [0.05, 0.1) is 6.20 Å². The minimum absolute atomic E-state index is 0.107. The van der Waals surface area contributed by atoms with Gasteiger partial charge in [0.1, 0.15) is 12.3 Å². The molecule has 1 aliphatic carbocycles.